The van der Waals surface area contributed by atoms with E-state index in [-0.39, 0.29) is 11.7 Å². The van der Waals surface area contributed by atoms with Crippen LogP contribution >= 0.6 is 11.8 Å². The Kier molecular flexibility index (Phi) is 6.99. The lowest BCUT2D eigenvalue weighted by molar-refractivity contribution is -0.113. The van der Waals surface area contributed by atoms with Gasteiger partial charge >= 0.3 is 0 Å². The van der Waals surface area contributed by atoms with Crippen LogP contribution in [0.1, 0.15) is 0 Å². The third kappa shape index (κ3) is 5.08. The largest absolute Gasteiger partial charge is 0.497 e. The first-order valence-corrected chi connectivity index (χ1v) is 9.59. The number of methoxy groups -OCH3 is 2. The highest BCUT2D eigenvalue weighted by Gasteiger charge is 2.15. The van der Waals surface area contributed by atoms with Gasteiger partial charge < -0.3 is 14.8 Å². The molecule has 0 aliphatic heterocycles. The van der Waals surface area contributed by atoms with Gasteiger partial charge in [-0.1, -0.05) is 17.8 Å². The number of hydrogen-bond donors (Lipinski definition) is 1. The van der Waals surface area contributed by atoms with Crippen molar-refractivity contribution in [3.05, 3.63) is 48.8 Å². The number of hydrogen-bond acceptors (Lipinski definition) is 7. The van der Waals surface area contributed by atoms with Crippen molar-refractivity contribution in [1.82, 2.24) is 19.7 Å². The van der Waals surface area contributed by atoms with Crippen molar-refractivity contribution in [2.75, 3.05) is 31.9 Å². The molecule has 0 fully saturated rings. The molecule has 2 heterocycles. The number of ether oxygens (including phenoxy) is 2. The molecule has 0 atom stereocenters. The van der Waals surface area contributed by atoms with Gasteiger partial charge in [0.1, 0.15) is 5.75 Å². The molecule has 3 rings (SSSR count). The number of anilines is 1. The predicted octanol–water partition coefficient (Wildman–Crippen LogP) is 2.73. The maximum atomic E-state index is 12.3. The number of aromatic nitrogens is 4. The highest BCUT2D eigenvalue weighted by molar-refractivity contribution is 7.99. The molecular weight excluding hydrogens is 378 g/mol. The Morgan fingerprint density at radius 3 is 2.75 bits per heavy atom. The van der Waals surface area contributed by atoms with Gasteiger partial charge in [0.2, 0.25) is 5.91 Å². The van der Waals surface area contributed by atoms with E-state index in [4.69, 9.17) is 9.47 Å². The Balaban J connectivity index is 1.69. The fraction of sp³-hybridized carbons (Fsp3) is 0.263. The monoisotopic (exact) mass is 399 g/mol. The van der Waals surface area contributed by atoms with Crippen molar-refractivity contribution < 1.29 is 14.3 Å². The molecule has 0 unspecified atom stereocenters. The molecule has 0 bridgehead atoms. The molecule has 8 nitrogen and oxygen atoms in total. The van der Waals surface area contributed by atoms with E-state index in [1.54, 1.807) is 32.7 Å². The summed E-state index contributed by atoms with van der Waals surface area (Å²) < 4.78 is 12.3. The van der Waals surface area contributed by atoms with Crippen molar-refractivity contribution in [3.63, 3.8) is 0 Å². The van der Waals surface area contributed by atoms with Crippen molar-refractivity contribution in [1.29, 1.82) is 0 Å². The molecule has 9 heteroatoms. The molecule has 0 saturated heterocycles. The number of rotatable bonds is 9. The Morgan fingerprint density at radius 2 is 2.00 bits per heavy atom. The maximum absolute atomic E-state index is 12.3. The van der Waals surface area contributed by atoms with Crippen LogP contribution in [0.4, 0.5) is 5.69 Å². The summed E-state index contributed by atoms with van der Waals surface area (Å²) in [6.45, 7) is 1.10. The zero-order valence-corrected chi connectivity index (χ0v) is 16.5. The summed E-state index contributed by atoms with van der Waals surface area (Å²) in [5, 5.41) is 12.1. The minimum Gasteiger partial charge on any atom is -0.497 e. The van der Waals surface area contributed by atoms with Gasteiger partial charge in [0.25, 0.3) is 0 Å². The second-order valence-corrected chi connectivity index (χ2v) is 6.70. The van der Waals surface area contributed by atoms with E-state index in [0.717, 1.165) is 11.4 Å². The van der Waals surface area contributed by atoms with Gasteiger partial charge in [0.15, 0.2) is 11.0 Å². The van der Waals surface area contributed by atoms with Crippen LogP contribution in [0.2, 0.25) is 0 Å². The van der Waals surface area contributed by atoms with E-state index >= 15 is 0 Å². The summed E-state index contributed by atoms with van der Waals surface area (Å²) in [6, 6.07) is 11.0. The summed E-state index contributed by atoms with van der Waals surface area (Å²) >= 11 is 1.33. The number of carbonyl (C=O) groups is 1. The zero-order chi connectivity index (χ0) is 19.8. The van der Waals surface area contributed by atoms with Crippen LogP contribution in [0.3, 0.4) is 0 Å². The number of nitrogens with one attached hydrogen (secondary N) is 1. The Morgan fingerprint density at radius 1 is 1.18 bits per heavy atom. The number of amides is 1. The molecule has 3 aromatic rings. The van der Waals surface area contributed by atoms with Crippen LogP contribution in [-0.4, -0.2) is 52.2 Å². The molecule has 0 aliphatic carbocycles. The number of benzene rings is 1. The van der Waals surface area contributed by atoms with Gasteiger partial charge in [0, 0.05) is 36.8 Å². The molecule has 0 spiro atoms. The Bertz CT molecular complexity index is 917. The first-order chi connectivity index (χ1) is 13.7. The van der Waals surface area contributed by atoms with Gasteiger partial charge in [0.05, 0.1) is 26.0 Å². The molecule has 0 saturated carbocycles. The van der Waals surface area contributed by atoms with Gasteiger partial charge in [-0.15, -0.1) is 10.2 Å². The first-order valence-electron chi connectivity index (χ1n) is 8.60. The van der Waals surface area contributed by atoms with E-state index in [2.05, 4.69) is 20.5 Å². The molecule has 1 aromatic carbocycles. The lowest BCUT2D eigenvalue weighted by Gasteiger charge is -2.10. The zero-order valence-electron chi connectivity index (χ0n) is 15.7. The third-order valence-corrected chi connectivity index (χ3v) is 4.83. The van der Waals surface area contributed by atoms with Crippen LogP contribution in [-0.2, 0) is 16.1 Å². The first kappa shape index (κ1) is 19.8. The van der Waals surface area contributed by atoms with Crippen molar-refractivity contribution in [3.8, 4) is 17.1 Å². The van der Waals surface area contributed by atoms with E-state index in [0.29, 0.717) is 29.7 Å². The van der Waals surface area contributed by atoms with Crippen LogP contribution < -0.4 is 10.1 Å². The van der Waals surface area contributed by atoms with Crippen molar-refractivity contribution >= 4 is 23.4 Å². The Hall–Kier alpha value is -2.91. The SMILES string of the molecule is COCCn1c(SCC(=O)Nc2cccc(OC)c2)nnc1-c1ccncc1. The number of pyridine rings is 1. The summed E-state index contributed by atoms with van der Waals surface area (Å²) in [5.74, 6) is 1.48. The smallest absolute Gasteiger partial charge is 0.234 e. The third-order valence-electron chi connectivity index (χ3n) is 3.86. The normalized spacial score (nSPS) is 10.6. The van der Waals surface area contributed by atoms with Gasteiger partial charge in [-0.25, -0.2) is 0 Å². The highest BCUT2D eigenvalue weighted by atomic mass is 32.2. The number of carbonyl (C=O) groups excluding carboxylic acids is 1. The van der Waals surface area contributed by atoms with Gasteiger partial charge in [-0.2, -0.15) is 0 Å². The van der Waals surface area contributed by atoms with E-state index in [1.165, 1.54) is 11.8 Å². The molecule has 1 N–H and O–H groups in total. The standard InChI is InChI=1S/C19H21N5O3S/c1-26-11-10-24-18(14-6-8-20-9-7-14)22-23-19(24)28-13-17(25)21-15-4-3-5-16(12-15)27-2/h3-9,12H,10-11,13H2,1-2H3,(H,21,25). The molecule has 2 aromatic heterocycles. The van der Waals surface area contributed by atoms with Crippen LogP contribution in [0, 0.1) is 0 Å². The summed E-state index contributed by atoms with van der Waals surface area (Å²) in [5.41, 5.74) is 1.59. The fourth-order valence-corrected chi connectivity index (χ4v) is 3.29. The lowest BCUT2D eigenvalue weighted by Crippen LogP contribution is -2.15. The molecule has 146 valence electrons. The number of nitrogens with zero attached hydrogens (tertiary/aromatic N) is 4. The predicted molar refractivity (Wildman–Crippen MR) is 107 cm³/mol. The molecule has 28 heavy (non-hydrogen) atoms. The van der Waals surface area contributed by atoms with E-state index in [1.807, 2.05) is 34.9 Å². The molecule has 1 amide bonds. The van der Waals surface area contributed by atoms with Crippen LogP contribution in [0.5, 0.6) is 5.75 Å². The summed E-state index contributed by atoms with van der Waals surface area (Å²) in [7, 11) is 3.23. The fourth-order valence-electron chi connectivity index (χ4n) is 2.52. The Labute approximate surface area is 167 Å². The van der Waals surface area contributed by atoms with Crippen molar-refractivity contribution in [2.45, 2.75) is 11.7 Å². The average molecular weight is 399 g/mol. The molecular formula is C19H21N5O3S. The minimum absolute atomic E-state index is 0.134. The minimum atomic E-state index is -0.134. The topological polar surface area (TPSA) is 91.2 Å². The quantitative estimate of drug-likeness (QED) is 0.553. The molecule has 0 radical (unpaired) electrons. The maximum Gasteiger partial charge on any atom is 0.234 e. The molecule has 0 aliphatic rings. The summed E-state index contributed by atoms with van der Waals surface area (Å²) in [6.07, 6.45) is 3.41. The number of thioether (sulfide) groups is 1. The van der Waals surface area contributed by atoms with Gasteiger partial charge in [-0.3, -0.25) is 14.3 Å². The van der Waals surface area contributed by atoms with Crippen LogP contribution in [0.25, 0.3) is 11.4 Å². The average Bonchev–Trinajstić information content (AvgIpc) is 3.14. The van der Waals surface area contributed by atoms with E-state index in [9.17, 15) is 4.79 Å². The van der Waals surface area contributed by atoms with E-state index < -0.39 is 0 Å². The second-order valence-electron chi connectivity index (χ2n) is 5.76. The summed E-state index contributed by atoms with van der Waals surface area (Å²) in [4.78, 5) is 16.4. The van der Waals surface area contributed by atoms with Crippen molar-refractivity contribution in [2.24, 2.45) is 0 Å². The lowest BCUT2D eigenvalue weighted by atomic mass is 10.2. The highest BCUT2D eigenvalue weighted by Crippen LogP contribution is 2.24. The van der Waals surface area contributed by atoms with Crippen LogP contribution in [0.15, 0.2) is 53.9 Å². The van der Waals surface area contributed by atoms with Gasteiger partial charge in [-0.05, 0) is 24.3 Å². The second kappa shape index (κ2) is 9.86.